The number of hydrogen-bond donors (Lipinski definition) is 1. The minimum Gasteiger partial charge on any atom is -0.492 e. The van der Waals surface area contributed by atoms with E-state index in [1.54, 1.807) is 11.0 Å². The second-order valence-corrected chi connectivity index (χ2v) is 22.5. The van der Waals surface area contributed by atoms with Gasteiger partial charge in [0.05, 0.1) is 46.7 Å². The molecule has 13 nitrogen and oxygen atoms in total. The topological polar surface area (TPSA) is 137 Å². The van der Waals surface area contributed by atoms with E-state index >= 15 is 0 Å². The highest BCUT2D eigenvalue weighted by Crippen LogP contribution is 2.55. The van der Waals surface area contributed by atoms with Gasteiger partial charge in [-0.2, -0.15) is 4.98 Å². The maximum atomic E-state index is 13.7. The number of likely N-dealkylation sites (tertiary alicyclic amines) is 3. The van der Waals surface area contributed by atoms with Crippen molar-refractivity contribution >= 4 is 46.1 Å². The number of carbonyl (C=O) groups is 4. The molecule has 1 N–H and O–H groups in total. The number of imide groups is 1. The van der Waals surface area contributed by atoms with E-state index < -0.39 is 11.9 Å². The van der Waals surface area contributed by atoms with Crippen LogP contribution < -0.4 is 15.6 Å². The Morgan fingerprint density at radius 2 is 1.62 bits per heavy atom. The molecule has 4 saturated heterocycles. The molecule has 2 aliphatic carbocycles. The zero-order valence-electron chi connectivity index (χ0n) is 38.8. The van der Waals surface area contributed by atoms with Gasteiger partial charge in [-0.1, -0.05) is 55.1 Å². The Kier molecular flexibility index (Phi) is 10.1. The Morgan fingerprint density at radius 3 is 2.38 bits per heavy atom. The molecule has 14 heteroatoms. The zero-order valence-corrected chi connectivity index (χ0v) is 39.6. The Bertz CT molecular complexity index is 2860. The summed E-state index contributed by atoms with van der Waals surface area (Å²) in [5.74, 6) is 1.58. The molecule has 0 bridgehead atoms. The van der Waals surface area contributed by atoms with Crippen LogP contribution in [0.15, 0.2) is 53.3 Å². The van der Waals surface area contributed by atoms with Crippen molar-refractivity contribution in [2.45, 2.75) is 132 Å². The Hall–Kier alpha value is -5.11. The summed E-state index contributed by atoms with van der Waals surface area (Å²) in [6.45, 7) is 6.90. The van der Waals surface area contributed by atoms with Crippen LogP contribution in [0.2, 0.25) is 5.02 Å². The van der Waals surface area contributed by atoms with Crippen molar-refractivity contribution in [1.82, 2.24) is 34.5 Å². The monoisotopic (exact) mass is 937 g/mol. The average Bonchev–Trinajstić information content (AvgIpc) is 3.96. The molecule has 0 radical (unpaired) electrons. The quantitative estimate of drug-likeness (QED) is 0.216. The van der Waals surface area contributed by atoms with Crippen LogP contribution in [0, 0.1) is 5.41 Å². The van der Waals surface area contributed by atoms with Crippen molar-refractivity contribution in [3.8, 4) is 11.4 Å². The van der Waals surface area contributed by atoms with Crippen LogP contribution in [-0.2, 0) is 31.8 Å². The van der Waals surface area contributed by atoms with Crippen molar-refractivity contribution < 1.29 is 23.9 Å². The molecule has 3 aromatic carbocycles. The lowest BCUT2D eigenvalue weighted by molar-refractivity contribution is -0.138. The van der Waals surface area contributed by atoms with Gasteiger partial charge in [0, 0.05) is 47.7 Å². The van der Waals surface area contributed by atoms with Crippen molar-refractivity contribution in [1.29, 1.82) is 0 Å². The summed E-state index contributed by atoms with van der Waals surface area (Å²) < 4.78 is 8.64. The summed E-state index contributed by atoms with van der Waals surface area (Å²) in [5.41, 5.74) is 7.15. The number of carbonyl (C=O) groups excluding carboxylic acids is 4. The van der Waals surface area contributed by atoms with Crippen LogP contribution in [0.5, 0.6) is 5.75 Å². The minimum absolute atomic E-state index is 0.150. The van der Waals surface area contributed by atoms with Gasteiger partial charge in [-0.05, 0) is 144 Å². The number of halogens is 1. The van der Waals surface area contributed by atoms with Gasteiger partial charge in [-0.3, -0.25) is 38.8 Å². The summed E-state index contributed by atoms with van der Waals surface area (Å²) in [4.78, 5) is 78.6. The maximum absolute atomic E-state index is 13.7. The molecule has 8 heterocycles. The minimum atomic E-state index is -0.652. The molecule has 6 fully saturated rings. The van der Waals surface area contributed by atoms with E-state index in [1.165, 1.54) is 30.4 Å². The molecule has 1 atom stereocenters. The second kappa shape index (κ2) is 16.0. The molecule has 3 spiro atoms. The first kappa shape index (κ1) is 43.0. The van der Waals surface area contributed by atoms with Crippen LogP contribution in [-0.4, -0.2) is 117 Å². The lowest BCUT2D eigenvalue weighted by atomic mass is 9.59. The number of nitrogens with zero attached hydrogens (tertiary/aromatic N) is 6. The highest BCUT2D eigenvalue weighted by molar-refractivity contribution is 6.35. The van der Waals surface area contributed by atoms with Gasteiger partial charge in [-0.25, -0.2) is 0 Å². The lowest BCUT2D eigenvalue weighted by Crippen LogP contribution is -2.57. The Labute approximate surface area is 401 Å². The number of piperidine rings is 4. The van der Waals surface area contributed by atoms with Gasteiger partial charge < -0.3 is 19.4 Å². The summed E-state index contributed by atoms with van der Waals surface area (Å²) in [5, 5.41) is 3.36. The summed E-state index contributed by atoms with van der Waals surface area (Å²) in [7, 11) is 0. The molecule has 4 amide bonds. The summed E-state index contributed by atoms with van der Waals surface area (Å²) in [6.07, 6.45) is 14.9. The molecule has 1 aromatic heterocycles. The number of benzene rings is 3. The first-order valence-corrected chi connectivity index (χ1v) is 25.9. The normalized spacial score (nSPS) is 25.4. The fraction of sp³-hybridized carbons (Fsp3) is 0.556. The average molecular weight is 939 g/mol. The zero-order chi connectivity index (χ0) is 46.1. The van der Waals surface area contributed by atoms with Crippen molar-refractivity contribution in [2.75, 3.05) is 52.4 Å². The number of aromatic nitrogens is 2. The van der Waals surface area contributed by atoms with E-state index in [-0.39, 0.29) is 40.5 Å². The first-order chi connectivity index (χ1) is 33.0. The number of fused-ring (bicyclic) bond motifs is 11. The van der Waals surface area contributed by atoms with Gasteiger partial charge in [-0.15, -0.1) is 0 Å². The fourth-order valence-electron chi connectivity index (χ4n) is 14.7. The van der Waals surface area contributed by atoms with Crippen molar-refractivity contribution in [3.05, 3.63) is 97.5 Å². The molecule has 4 aromatic rings. The highest BCUT2D eigenvalue weighted by Gasteiger charge is 2.51. The molecule has 9 aliphatic rings. The molecule has 0 unspecified atom stereocenters. The fourth-order valence-corrected chi connectivity index (χ4v) is 15.0. The number of hydrogen-bond acceptors (Lipinski definition) is 9. The number of nitrogens with one attached hydrogen (secondary N) is 1. The standard InChI is InChI=1S/C54H60ClN7O6/c55-40-5-4-6-42-46(40)49(66)57-51-54(15-2-1-3-16-54)39-27-34(7-10-41(39)62(42)51)33-13-21-59(22-14-33)35-28-52(29-35)17-25-60(26-18-52)45(64)31-58-23-19-53(20-24-58)32-68-47-37-30-61(43-11-12-44(63)56-48(43)65)50(67)36(37)8-9-38(47)53/h4-10,27,33,35,43H,1-3,11-26,28-32H2,(H,56,63,65)/t43-/m0/s1. The Balaban J connectivity index is 0.594. The molecular weight excluding hydrogens is 878 g/mol. The first-order valence-electron chi connectivity index (χ1n) is 25.6. The molecule has 13 rings (SSSR count). The van der Waals surface area contributed by atoms with Crippen LogP contribution in [0.25, 0.3) is 16.6 Å². The smallest absolute Gasteiger partial charge is 0.282 e. The largest absolute Gasteiger partial charge is 0.492 e. The third kappa shape index (κ3) is 6.60. The van der Waals surface area contributed by atoms with E-state index in [0.29, 0.717) is 59.5 Å². The van der Waals surface area contributed by atoms with E-state index in [4.69, 9.17) is 21.3 Å². The van der Waals surface area contributed by atoms with E-state index in [2.05, 4.69) is 42.8 Å². The van der Waals surface area contributed by atoms with E-state index in [9.17, 15) is 24.0 Å². The number of ether oxygens (including phenoxy) is 1. The predicted octanol–water partition coefficient (Wildman–Crippen LogP) is 6.74. The van der Waals surface area contributed by atoms with Gasteiger partial charge in [0.2, 0.25) is 17.7 Å². The maximum Gasteiger partial charge on any atom is 0.282 e. The molecule has 68 heavy (non-hydrogen) atoms. The van der Waals surface area contributed by atoms with Gasteiger partial charge in [0.15, 0.2) is 0 Å². The molecule has 2 saturated carbocycles. The van der Waals surface area contributed by atoms with Crippen LogP contribution in [0.3, 0.4) is 0 Å². The summed E-state index contributed by atoms with van der Waals surface area (Å²) >= 11 is 6.60. The molecular formula is C54H60ClN7O6. The van der Waals surface area contributed by atoms with E-state index in [0.717, 1.165) is 137 Å². The third-order valence-electron chi connectivity index (χ3n) is 18.7. The lowest BCUT2D eigenvalue weighted by Gasteiger charge is -2.56. The second-order valence-electron chi connectivity index (χ2n) is 22.1. The highest BCUT2D eigenvalue weighted by atomic mass is 35.5. The van der Waals surface area contributed by atoms with Gasteiger partial charge in [0.25, 0.3) is 11.5 Å². The number of rotatable bonds is 5. The van der Waals surface area contributed by atoms with E-state index in [1.807, 2.05) is 24.3 Å². The van der Waals surface area contributed by atoms with Crippen LogP contribution in [0.4, 0.5) is 0 Å². The third-order valence-corrected chi connectivity index (χ3v) is 19.0. The predicted molar refractivity (Wildman–Crippen MR) is 256 cm³/mol. The number of amides is 4. The molecule has 354 valence electrons. The summed E-state index contributed by atoms with van der Waals surface area (Å²) in [6, 6.07) is 16.8. The molecule has 7 aliphatic heterocycles. The van der Waals surface area contributed by atoms with Gasteiger partial charge >= 0.3 is 0 Å². The van der Waals surface area contributed by atoms with Crippen LogP contribution in [0.1, 0.15) is 141 Å². The van der Waals surface area contributed by atoms with Crippen molar-refractivity contribution in [2.24, 2.45) is 5.41 Å². The van der Waals surface area contributed by atoms with Crippen molar-refractivity contribution in [3.63, 3.8) is 0 Å². The van der Waals surface area contributed by atoms with Gasteiger partial charge in [0.1, 0.15) is 17.6 Å². The SMILES string of the molecule is O=C1CC[C@H](N2Cc3c(ccc4c3OCC43CCN(CC(=O)N4CCC5(CC4)CC(N4CCC(c6ccc7c(c6)C6(CCCCC6)c6nc(=O)c8c(Cl)cccc8n6-7)CC4)C5)CC3)C2=O)C(=O)N1. The van der Waals surface area contributed by atoms with Crippen LogP contribution >= 0.6 is 11.6 Å². The Morgan fingerprint density at radius 1 is 0.838 bits per heavy atom.